The maximum absolute atomic E-state index is 12.9. The van der Waals surface area contributed by atoms with Crippen LogP contribution in [0, 0.1) is 12.8 Å². The molecule has 4 rings (SSSR count). The van der Waals surface area contributed by atoms with E-state index in [-0.39, 0.29) is 17.9 Å². The highest BCUT2D eigenvalue weighted by Crippen LogP contribution is 2.35. The summed E-state index contributed by atoms with van der Waals surface area (Å²) >= 11 is 0. The van der Waals surface area contributed by atoms with Gasteiger partial charge in [0.05, 0.1) is 0 Å². The van der Waals surface area contributed by atoms with E-state index < -0.39 is 0 Å². The first-order valence-corrected chi connectivity index (χ1v) is 9.43. The summed E-state index contributed by atoms with van der Waals surface area (Å²) in [5, 5.41) is 4.16. The Balaban J connectivity index is 1.56. The number of aryl methyl sites for hydroxylation is 1. The number of nitrogens with zero attached hydrogens (tertiary/aromatic N) is 3. The average Bonchev–Trinajstić information content (AvgIpc) is 3.34. The maximum atomic E-state index is 12.9. The summed E-state index contributed by atoms with van der Waals surface area (Å²) in [6.07, 6.45) is 7.48. The second-order valence-corrected chi connectivity index (χ2v) is 7.35. The Morgan fingerprint density at radius 2 is 1.80 bits per heavy atom. The van der Waals surface area contributed by atoms with Gasteiger partial charge in [0, 0.05) is 18.0 Å². The predicted octanol–water partition coefficient (Wildman–Crippen LogP) is 4.29. The monoisotopic (exact) mass is 339 g/mol. The number of carbonyl (C=O) groups is 1. The molecule has 1 aliphatic carbocycles. The van der Waals surface area contributed by atoms with Gasteiger partial charge in [0.2, 0.25) is 17.6 Å². The van der Waals surface area contributed by atoms with Crippen LogP contribution in [-0.2, 0) is 4.79 Å². The van der Waals surface area contributed by atoms with Crippen LogP contribution in [0.4, 0.5) is 0 Å². The minimum Gasteiger partial charge on any atom is -0.337 e. The number of rotatable bonds is 3. The molecule has 0 radical (unpaired) electrons. The smallest absolute Gasteiger partial charge is 0.249 e. The van der Waals surface area contributed by atoms with Crippen LogP contribution in [0.1, 0.15) is 62.4 Å². The van der Waals surface area contributed by atoms with Gasteiger partial charge >= 0.3 is 0 Å². The molecule has 2 aliphatic rings. The molecule has 2 heterocycles. The van der Waals surface area contributed by atoms with Crippen LogP contribution in [0.15, 0.2) is 28.8 Å². The molecule has 25 heavy (non-hydrogen) atoms. The first kappa shape index (κ1) is 16.3. The molecule has 2 fully saturated rings. The lowest BCUT2D eigenvalue weighted by atomic mass is 9.98. The van der Waals surface area contributed by atoms with Crippen molar-refractivity contribution in [2.24, 2.45) is 5.92 Å². The zero-order valence-corrected chi connectivity index (χ0v) is 14.8. The van der Waals surface area contributed by atoms with Crippen molar-refractivity contribution in [3.05, 3.63) is 35.7 Å². The lowest BCUT2D eigenvalue weighted by Gasteiger charge is -2.35. The number of carbonyl (C=O) groups excluding carboxylic acids is 1. The molecule has 0 spiro atoms. The fraction of sp³-hybridized carbons (Fsp3) is 0.550. The maximum Gasteiger partial charge on any atom is 0.249 e. The fourth-order valence-electron chi connectivity index (χ4n) is 4.05. The summed E-state index contributed by atoms with van der Waals surface area (Å²) in [4.78, 5) is 19.6. The number of hydrogen-bond acceptors (Lipinski definition) is 4. The van der Waals surface area contributed by atoms with E-state index in [2.05, 4.69) is 17.1 Å². The summed E-state index contributed by atoms with van der Waals surface area (Å²) < 4.78 is 5.58. The first-order chi connectivity index (χ1) is 12.2. The molecule has 5 heteroatoms. The van der Waals surface area contributed by atoms with Crippen LogP contribution < -0.4 is 0 Å². The van der Waals surface area contributed by atoms with Gasteiger partial charge in [-0.15, -0.1) is 0 Å². The Labute approximate surface area is 148 Å². The van der Waals surface area contributed by atoms with Crippen LogP contribution >= 0.6 is 0 Å². The van der Waals surface area contributed by atoms with Crippen LogP contribution in [0.25, 0.3) is 11.4 Å². The number of piperidine rings is 1. The zero-order chi connectivity index (χ0) is 17.2. The SMILES string of the molecule is Cc1ccc(-c2noc(C3CCCCN3C(=O)C3CCCC3)n2)cc1. The standard InChI is InChI=1S/C20H25N3O2/c1-14-9-11-15(12-10-14)18-21-19(25-22-18)17-8-4-5-13-23(17)20(24)16-6-2-3-7-16/h9-12,16-17H,2-8,13H2,1H3. The van der Waals surface area contributed by atoms with Crippen LogP contribution in [-0.4, -0.2) is 27.5 Å². The molecule has 1 unspecified atom stereocenters. The molecular weight excluding hydrogens is 314 g/mol. The molecule has 0 bridgehead atoms. The lowest BCUT2D eigenvalue weighted by Crippen LogP contribution is -2.41. The van der Waals surface area contributed by atoms with E-state index in [0.29, 0.717) is 11.7 Å². The Bertz CT molecular complexity index is 732. The second-order valence-electron chi connectivity index (χ2n) is 7.35. The number of hydrogen-bond donors (Lipinski definition) is 0. The molecule has 1 saturated carbocycles. The predicted molar refractivity (Wildman–Crippen MR) is 94.7 cm³/mol. The fourth-order valence-corrected chi connectivity index (χ4v) is 4.05. The van der Waals surface area contributed by atoms with Crippen molar-refractivity contribution in [1.82, 2.24) is 15.0 Å². The third-order valence-electron chi connectivity index (χ3n) is 5.53. The topological polar surface area (TPSA) is 59.2 Å². The number of benzene rings is 1. The van der Waals surface area contributed by atoms with Crippen molar-refractivity contribution in [3.8, 4) is 11.4 Å². The molecule has 1 amide bonds. The highest BCUT2D eigenvalue weighted by atomic mass is 16.5. The summed E-state index contributed by atoms with van der Waals surface area (Å²) in [6.45, 7) is 2.86. The normalized spacial score (nSPS) is 21.6. The average molecular weight is 339 g/mol. The first-order valence-electron chi connectivity index (χ1n) is 9.43. The van der Waals surface area contributed by atoms with Crippen LogP contribution in [0.3, 0.4) is 0 Å². The van der Waals surface area contributed by atoms with Crippen LogP contribution in [0.2, 0.25) is 0 Å². The largest absolute Gasteiger partial charge is 0.337 e. The van der Waals surface area contributed by atoms with Gasteiger partial charge < -0.3 is 9.42 Å². The van der Waals surface area contributed by atoms with Gasteiger partial charge in [-0.05, 0) is 39.0 Å². The van der Waals surface area contributed by atoms with Gasteiger partial charge in [0.25, 0.3) is 0 Å². The van der Waals surface area contributed by atoms with E-state index in [1.165, 1.54) is 18.4 Å². The minimum absolute atomic E-state index is 0.0615. The van der Waals surface area contributed by atoms with Crippen molar-refractivity contribution in [1.29, 1.82) is 0 Å². The minimum atomic E-state index is -0.0615. The Morgan fingerprint density at radius 1 is 1.08 bits per heavy atom. The zero-order valence-electron chi connectivity index (χ0n) is 14.8. The molecule has 1 atom stereocenters. The second kappa shape index (κ2) is 6.98. The molecule has 1 aromatic heterocycles. The third kappa shape index (κ3) is 3.32. The van der Waals surface area contributed by atoms with E-state index in [1.807, 2.05) is 29.2 Å². The Morgan fingerprint density at radius 3 is 2.56 bits per heavy atom. The van der Waals surface area contributed by atoms with Gasteiger partial charge in [-0.25, -0.2) is 0 Å². The van der Waals surface area contributed by atoms with Gasteiger partial charge in [-0.3, -0.25) is 4.79 Å². The molecule has 1 aromatic carbocycles. The quantitative estimate of drug-likeness (QED) is 0.837. The van der Waals surface area contributed by atoms with Gasteiger partial charge in [-0.2, -0.15) is 4.98 Å². The van der Waals surface area contributed by atoms with E-state index in [0.717, 1.165) is 44.2 Å². The summed E-state index contributed by atoms with van der Waals surface area (Å²) in [6, 6.07) is 8.04. The highest BCUT2D eigenvalue weighted by molar-refractivity contribution is 5.79. The molecule has 1 saturated heterocycles. The molecule has 0 N–H and O–H groups in total. The van der Waals surface area contributed by atoms with E-state index in [9.17, 15) is 4.79 Å². The Hall–Kier alpha value is -2.17. The number of aromatic nitrogens is 2. The van der Waals surface area contributed by atoms with Crippen molar-refractivity contribution >= 4 is 5.91 Å². The molecule has 5 nitrogen and oxygen atoms in total. The summed E-state index contributed by atoms with van der Waals surface area (Å²) in [5.41, 5.74) is 2.15. The summed E-state index contributed by atoms with van der Waals surface area (Å²) in [7, 11) is 0. The van der Waals surface area contributed by atoms with E-state index in [4.69, 9.17) is 4.52 Å². The van der Waals surface area contributed by atoms with Gasteiger partial charge in [-0.1, -0.05) is 47.8 Å². The Kier molecular flexibility index (Phi) is 4.55. The summed E-state index contributed by atoms with van der Waals surface area (Å²) in [5.74, 6) is 1.67. The molecule has 2 aromatic rings. The van der Waals surface area contributed by atoms with Gasteiger partial charge in [0.1, 0.15) is 6.04 Å². The van der Waals surface area contributed by atoms with Crippen molar-refractivity contribution in [2.75, 3.05) is 6.54 Å². The van der Waals surface area contributed by atoms with Crippen LogP contribution in [0.5, 0.6) is 0 Å². The number of amides is 1. The van der Waals surface area contributed by atoms with E-state index >= 15 is 0 Å². The lowest BCUT2D eigenvalue weighted by molar-refractivity contribution is -0.140. The third-order valence-corrected chi connectivity index (χ3v) is 5.53. The highest BCUT2D eigenvalue weighted by Gasteiger charge is 2.36. The number of likely N-dealkylation sites (tertiary alicyclic amines) is 1. The van der Waals surface area contributed by atoms with Crippen molar-refractivity contribution in [2.45, 2.75) is 57.9 Å². The van der Waals surface area contributed by atoms with Crippen molar-refractivity contribution < 1.29 is 9.32 Å². The molecule has 1 aliphatic heterocycles. The molecular formula is C20H25N3O2. The van der Waals surface area contributed by atoms with Crippen molar-refractivity contribution in [3.63, 3.8) is 0 Å². The van der Waals surface area contributed by atoms with Gasteiger partial charge in [0.15, 0.2) is 0 Å². The molecule has 132 valence electrons. The van der Waals surface area contributed by atoms with E-state index in [1.54, 1.807) is 0 Å².